The van der Waals surface area contributed by atoms with Crippen molar-refractivity contribution in [2.24, 2.45) is 52.3 Å². The summed E-state index contributed by atoms with van der Waals surface area (Å²) in [6, 6.07) is 30.1. The molecular formula is C53H66N2O4. The molecular weight excluding hydrogens is 729 g/mol. The van der Waals surface area contributed by atoms with Crippen LogP contribution in [-0.2, 0) is 5.41 Å². The van der Waals surface area contributed by atoms with E-state index in [1.807, 2.05) is 24.3 Å². The Hall–Kier alpha value is -4.58. The van der Waals surface area contributed by atoms with E-state index in [4.69, 9.17) is 20.9 Å². The van der Waals surface area contributed by atoms with Gasteiger partial charge in [0.2, 0.25) is 0 Å². The van der Waals surface area contributed by atoms with Crippen LogP contribution in [0, 0.1) is 52.3 Å². The van der Waals surface area contributed by atoms with Crippen molar-refractivity contribution in [2.75, 3.05) is 11.5 Å². The fourth-order valence-corrected chi connectivity index (χ4v) is 13.1. The number of anilines is 2. The number of nitrogens with two attached hydrogens (primary N) is 2. The number of carbonyl (C=O) groups excluding carboxylic acids is 2. The summed E-state index contributed by atoms with van der Waals surface area (Å²) in [5.74, 6) is 5.81. The van der Waals surface area contributed by atoms with Crippen molar-refractivity contribution < 1.29 is 19.1 Å². The predicted molar refractivity (Wildman–Crippen MR) is 238 cm³/mol. The summed E-state index contributed by atoms with van der Waals surface area (Å²) in [6.45, 7) is 12.7. The van der Waals surface area contributed by atoms with Gasteiger partial charge in [-0.25, -0.2) is 9.59 Å². The quantitative estimate of drug-likeness (QED) is 0.0890. The molecule has 0 heterocycles. The molecule has 4 fully saturated rings. The van der Waals surface area contributed by atoms with Gasteiger partial charge in [0.05, 0.1) is 11.1 Å². The molecule has 4 aromatic rings. The molecule has 0 aliphatic heterocycles. The molecule has 4 saturated carbocycles. The van der Waals surface area contributed by atoms with E-state index in [-0.39, 0.29) is 5.41 Å². The lowest BCUT2D eigenvalue weighted by molar-refractivity contribution is -0.122. The number of nitrogen functional groups attached to an aromatic ring is 2. The van der Waals surface area contributed by atoms with Gasteiger partial charge in [-0.1, -0.05) is 78.1 Å². The van der Waals surface area contributed by atoms with E-state index in [1.165, 1.54) is 75.3 Å². The summed E-state index contributed by atoms with van der Waals surface area (Å²) in [7, 11) is 0. The summed E-state index contributed by atoms with van der Waals surface area (Å²) in [5, 5.41) is 0. The lowest BCUT2D eigenvalue weighted by atomic mass is 9.42. The van der Waals surface area contributed by atoms with Gasteiger partial charge in [0.1, 0.15) is 11.5 Å². The molecule has 59 heavy (non-hydrogen) atoms. The van der Waals surface area contributed by atoms with Crippen molar-refractivity contribution in [3.63, 3.8) is 0 Å². The van der Waals surface area contributed by atoms with E-state index in [9.17, 15) is 9.59 Å². The molecule has 4 N–H and O–H groups in total. The molecule has 0 aromatic heterocycles. The minimum Gasteiger partial charge on any atom is -0.423 e. The van der Waals surface area contributed by atoms with Gasteiger partial charge in [-0.2, -0.15) is 0 Å². The Balaban J connectivity index is 1.04. The lowest BCUT2D eigenvalue weighted by Gasteiger charge is -2.63. The second-order valence-corrected chi connectivity index (χ2v) is 19.8. The molecule has 6 heteroatoms. The van der Waals surface area contributed by atoms with Crippen molar-refractivity contribution in [3.8, 4) is 11.5 Å². The third-order valence-electron chi connectivity index (χ3n) is 16.9. The standard InChI is InChI=1S/C53H66N2O4/c1-6-34(2)7-8-35(3)46-27-28-47-45-26-17-40-33-53(32-31-51(40,4)48(45)29-30-52(46,47)5,38-13-22-43(23-14-38)58-49(56)36-9-18-41(54)19-10-36)39-15-24-44(25-16-39)59-50(57)37-11-20-42(55)21-12-37/h9-16,18-25,34-35,40,45-48H,6-8,17,26-33,54-55H2,1-5H3. The third-order valence-corrected chi connectivity index (χ3v) is 16.9. The first kappa shape index (κ1) is 41.2. The molecule has 9 unspecified atom stereocenters. The van der Waals surface area contributed by atoms with E-state index in [0.717, 1.165) is 48.3 Å². The maximum absolute atomic E-state index is 13.0. The van der Waals surface area contributed by atoms with E-state index in [1.54, 1.807) is 48.5 Å². The predicted octanol–water partition coefficient (Wildman–Crippen LogP) is 12.7. The number of esters is 2. The van der Waals surface area contributed by atoms with Crippen LogP contribution in [0.4, 0.5) is 11.4 Å². The minimum atomic E-state index is -0.403. The van der Waals surface area contributed by atoms with Gasteiger partial charge in [0.15, 0.2) is 0 Å². The Bertz CT molecular complexity index is 1990. The molecule has 0 bridgehead atoms. The Kier molecular flexibility index (Phi) is 11.5. The van der Waals surface area contributed by atoms with Crippen LogP contribution in [0.1, 0.15) is 144 Å². The maximum atomic E-state index is 13.0. The number of ether oxygens (including phenoxy) is 2. The summed E-state index contributed by atoms with van der Waals surface area (Å²) in [4.78, 5) is 26.0. The molecule has 4 aliphatic carbocycles. The van der Waals surface area contributed by atoms with Gasteiger partial charge in [0, 0.05) is 16.8 Å². The fraction of sp³-hybridized carbons (Fsp3) is 0.509. The first-order valence-corrected chi connectivity index (χ1v) is 22.7. The molecule has 0 spiro atoms. The zero-order chi connectivity index (χ0) is 41.5. The molecule has 312 valence electrons. The third kappa shape index (κ3) is 7.82. The second-order valence-electron chi connectivity index (χ2n) is 19.8. The Labute approximate surface area is 352 Å². The van der Waals surface area contributed by atoms with Crippen LogP contribution < -0.4 is 20.9 Å². The van der Waals surface area contributed by atoms with Crippen LogP contribution in [0.15, 0.2) is 97.1 Å². The molecule has 8 rings (SSSR count). The van der Waals surface area contributed by atoms with Crippen LogP contribution in [0.5, 0.6) is 11.5 Å². The van der Waals surface area contributed by atoms with Crippen molar-refractivity contribution in [3.05, 3.63) is 119 Å². The number of rotatable bonds is 11. The zero-order valence-corrected chi connectivity index (χ0v) is 36.1. The van der Waals surface area contributed by atoms with Gasteiger partial charge >= 0.3 is 11.9 Å². The SMILES string of the molecule is CCC(C)CCC(C)C1CCC2C3CCC4CC(c5ccc(OC(=O)c6ccc(N)cc6)cc5)(c5ccc(OC(=O)c6ccc(N)cc6)cc5)CCC4(C)C3CCC12C. The van der Waals surface area contributed by atoms with E-state index in [0.29, 0.717) is 50.7 Å². The van der Waals surface area contributed by atoms with Gasteiger partial charge in [-0.05, 0) is 194 Å². The van der Waals surface area contributed by atoms with Crippen molar-refractivity contribution in [2.45, 2.75) is 117 Å². The topological polar surface area (TPSA) is 105 Å². The monoisotopic (exact) mass is 795 g/mol. The van der Waals surface area contributed by atoms with Crippen LogP contribution in [0.3, 0.4) is 0 Å². The number of hydrogen-bond acceptors (Lipinski definition) is 6. The summed E-state index contributed by atoms with van der Waals surface area (Å²) < 4.78 is 11.7. The highest BCUT2D eigenvalue weighted by atomic mass is 16.5. The summed E-state index contributed by atoms with van der Waals surface area (Å²) in [6.07, 6.45) is 15.5. The number of hydrogen-bond donors (Lipinski definition) is 2. The van der Waals surface area contributed by atoms with Crippen LogP contribution in [-0.4, -0.2) is 11.9 Å². The zero-order valence-electron chi connectivity index (χ0n) is 36.1. The molecule has 4 aromatic carbocycles. The van der Waals surface area contributed by atoms with Crippen LogP contribution >= 0.6 is 0 Å². The maximum Gasteiger partial charge on any atom is 0.343 e. The van der Waals surface area contributed by atoms with E-state index < -0.39 is 11.9 Å². The molecule has 0 saturated heterocycles. The Morgan fingerprint density at radius 3 is 1.68 bits per heavy atom. The van der Waals surface area contributed by atoms with Crippen molar-refractivity contribution >= 4 is 23.3 Å². The largest absolute Gasteiger partial charge is 0.423 e. The molecule has 0 amide bonds. The highest BCUT2D eigenvalue weighted by Gasteiger charge is 2.62. The highest BCUT2D eigenvalue weighted by Crippen LogP contribution is 2.70. The van der Waals surface area contributed by atoms with Crippen LogP contribution in [0.2, 0.25) is 0 Å². The van der Waals surface area contributed by atoms with Gasteiger partial charge < -0.3 is 20.9 Å². The minimum absolute atomic E-state index is 0.233. The van der Waals surface area contributed by atoms with Gasteiger partial charge in [-0.15, -0.1) is 0 Å². The Morgan fingerprint density at radius 1 is 0.627 bits per heavy atom. The first-order chi connectivity index (χ1) is 28.3. The first-order valence-electron chi connectivity index (χ1n) is 22.7. The lowest BCUT2D eigenvalue weighted by Crippen LogP contribution is -2.55. The van der Waals surface area contributed by atoms with E-state index in [2.05, 4.69) is 58.9 Å². The van der Waals surface area contributed by atoms with E-state index >= 15 is 0 Å². The molecule has 0 radical (unpaired) electrons. The fourth-order valence-electron chi connectivity index (χ4n) is 13.1. The van der Waals surface area contributed by atoms with Crippen molar-refractivity contribution in [1.82, 2.24) is 0 Å². The molecule has 4 aliphatic rings. The van der Waals surface area contributed by atoms with Gasteiger partial charge in [0.25, 0.3) is 0 Å². The normalized spacial score (nSPS) is 29.3. The second kappa shape index (κ2) is 16.5. The summed E-state index contributed by atoms with van der Waals surface area (Å²) >= 11 is 0. The molecule has 6 nitrogen and oxygen atoms in total. The highest BCUT2D eigenvalue weighted by molar-refractivity contribution is 5.92. The van der Waals surface area contributed by atoms with Gasteiger partial charge in [-0.3, -0.25) is 0 Å². The number of benzene rings is 4. The number of carbonyl (C=O) groups is 2. The Morgan fingerprint density at radius 2 is 1.15 bits per heavy atom. The smallest absolute Gasteiger partial charge is 0.343 e. The molecule has 9 atom stereocenters. The van der Waals surface area contributed by atoms with Crippen molar-refractivity contribution in [1.29, 1.82) is 0 Å². The average molecular weight is 795 g/mol. The van der Waals surface area contributed by atoms with Crippen LogP contribution in [0.25, 0.3) is 0 Å². The average Bonchev–Trinajstić information content (AvgIpc) is 3.61. The summed E-state index contributed by atoms with van der Waals surface area (Å²) in [5.41, 5.74) is 16.9. The number of fused-ring (bicyclic) bond motifs is 5.